The first kappa shape index (κ1) is 23.3. The summed E-state index contributed by atoms with van der Waals surface area (Å²) in [5.74, 6) is -1.41. The van der Waals surface area contributed by atoms with E-state index in [0.29, 0.717) is 0 Å². The average Bonchev–Trinajstić information content (AvgIpc) is 3.05. The summed E-state index contributed by atoms with van der Waals surface area (Å²) in [6, 6.07) is 15.3. The minimum absolute atomic E-state index is 0.0639. The summed E-state index contributed by atoms with van der Waals surface area (Å²) in [7, 11) is 0. The predicted molar refractivity (Wildman–Crippen MR) is 121 cm³/mol. The number of aliphatic carboxylic acids is 1. The maximum atomic E-state index is 12.9. The Kier molecular flexibility index (Phi) is 6.87. The van der Waals surface area contributed by atoms with Gasteiger partial charge < -0.3 is 20.1 Å². The Balaban J connectivity index is 1.63. The summed E-state index contributed by atoms with van der Waals surface area (Å²) >= 11 is 0. The molecule has 0 heterocycles. The molecule has 2 aromatic carbocycles. The van der Waals surface area contributed by atoms with Gasteiger partial charge in [-0.15, -0.1) is 0 Å². The van der Waals surface area contributed by atoms with Gasteiger partial charge >= 0.3 is 12.1 Å². The molecule has 1 aliphatic carbocycles. The van der Waals surface area contributed by atoms with E-state index in [1.165, 1.54) is 4.90 Å². The van der Waals surface area contributed by atoms with Crippen molar-refractivity contribution in [2.75, 3.05) is 13.2 Å². The number of rotatable bonds is 7. The van der Waals surface area contributed by atoms with Crippen LogP contribution in [-0.4, -0.2) is 52.7 Å². The molecule has 1 atom stereocenters. The summed E-state index contributed by atoms with van der Waals surface area (Å²) < 4.78 is 5.51. The van der Waals surface area contributed by atoms with Gasteiger partial charge in [-0.3, -0.25) is 9.59 Å². The Hall–Kier alpha value is -3.35. The molecule has 2 amide bonds. The monoisotopic (exact) mass is 438 g/mol. The second-order valence-electron chi connectivity index (χ2n) is 9.00. The third kappa shape index (κ3) is 5.10. The number of benzene rings is 2. The first-order chi connectivity index (χ1) is 15.1. The lowest BCUT2D eigenvalue weighted by molar-refractivity contribution is -0.141. The number of alkyl carbamates (subject to hydrolysis) is 1. The highest BCUT2D eigenvalue weighted by Crippen LogP contribution is 2.44. The SMILES string of the molecule is CC(NC(=O)OCC1c2ccccc2-c2ccccc21)C(=O)N(CCC(=O)O)C(C)(C)C. The van der Waals surface area contributed by atoms with E-state index >= 15 is 0 Å². The van der Waals surface area contributed by atoms with Crippen molar-refractivity contribution in [3.8, 4) is 11.1 Å². The van der Waals surface area contributed by atoms with Crippen LogP contribution in [0.4, 0.5) is 4.79 Å². The van der Waals surface area contributed by atoms with Gasteiger partial charge in [0, 0.05) is 18.0 Å². The fourth-order valence-electron chi connectivity index (χ4n) is 4.10. The lowest BCUT2D eigenvalue weighted by Gasteiger charge is -2.37. The highest BCUT2D eigenvalue weighted by Gasteiger charge is 2.32. The van der Waals surface area contributed by atoms with Gasteiger partial charge in [0.15, 0.2) is 0 Å². The first-order valence-corrected chi connectivity index (χ1v) is 10.7. The lowest BCUT2D eigenvalue weighted by atomic mass is 9.98. The molecule has 0 saturated carbocycles. The minimum Gasteiger partial charge on any atom is -0.481 e. The van der Waals surface area contributed by atoms with Crippen molar-refractivity contribution in [1.82, 2.24) is 10.2 Å². The molecule has 2 N–H and O–H groups in total. The van der Waals surface area contributed by atoms with Crippen LogP contribution in [0.15, 0.2) is 48.5 Å². The van der Waals surface area contributed by atoms with Crippen LogP contribution in [0.2, 0.25) is 0 Å². The van der Waals surface area contributed by atoms with E-state index < -0.39 is 23.6 Å². The molecule has 1 aliphatic rings. The van der Waals surface area contributed by atoms with Crippen molar-refractivity contribution in [1.29, 1.82) is 0 Å². The van der Waals surface area contributed by atoms with Crippen molar-refractivity contribution in [3.05, 3.63) is 59.7 Å². The molecule has 0 aromatic heterocycles. The van der Waals surface area contributed by atoms with E-state index in [9.17, 15) is 14.4 Å². The zero-order valence-electron chi connectivity index (χ0n) is 18.9. The first-order valence-electron chi connectivity index (χ1n) is 10.7. The Morgan fingerprint density at radius 2 is 1.56 bits per heavy atom. The van der Waals surface area contributed by atoms with Gasteiger partial charge in [-0.25, -0.2) is 4.79 Å². The number of nitrogens with one attached hydrogen (secondary N) is 1. The van der Waals surface area contributed by atoms with E-state index in [1.54, 1.807) is 6.92 Å². The van der Waals surface area contributed by atoms with Gasteiger partial charge in [0.25, 0.3) is 0 Å². The summed E-state index contributed by atoms with van der Waals surface area (Å²) in [6.07, 6.45) is -0.847. The van der Waals surface area contributed by atoms with Crippen LogP contribution in [0.25, 0.3) is 11.1 Å². The van der Waals surface area contributed by atoms with E-state index in [2.05, 4.69) is 17.4 Å². The number of carbonyl (C=O) groups excluding carboxylic acids is 2. The molecule has 0 aliphatic heterocycles. The standard InChI is InChI=1S/C25H30N2O5/c1-16(23(30)27(25(2,3)4)14-13-22(28)29)26-24(31)32-15-21-19-11-7-5-9-17(19)18-10-6-8-12-20(18)21/h5-12,16,21H,13-15H2,1-4H3,(H,26,31)(H,28,29). The second-order valence-corrected chi connectivity index (χ2v) is 9.00. The smallest absolute Gasteiger partial charge is 0.407 e. The molecule has 3 rings (SSSR count). The molecule has 0 saturated heterocycles. The number of ether oxygens (including phenoxy) is 1. The van der Waals surface area contributed by atoms with Crippen LogP contribution < -0.4 is 5.32 Å². The van der Waals surface area contributed by atoms with E-state index in [-0.39, 0.29) is 31.4 Å². The largest absolute Gasteiger partial charge is 0.481 e. The maximum absolute atomic E-state index is 12.9. The Labute approximate surface area is 188 Å². The summed E-state index contributed by atoms with van der Waals surface area (Å²) in [5.41, 5.74) is 3.92. The number of carboxylic acids is 1. The number of amides is 2. The maximum Gasteiger partial charge on any atom is 0.407 e. The molecule has 7 heteroatoms. The molecule has 0 fully saturated rings. The third-order valence-electron chi connectivity index (χ3n) is 5.67. The summed E-state index contributed by atoms with van der Waals surface area (Å²) in [5, 5.41) is 11.6. The van der Waals surface area contributed by atoms with Gasteiger partial charge in [-0.05, 0) is 49.9 Å². The Morgan fingerprint density at radius 1 is 1.03 bits per heavy atom. The minimum atomic E-state index is -0.982. The van der Waals surface area contributed by atoms with Crippen molar-refractivity contribution >= 4 is 18.0 Å². The highest BCUT2D eigenvalue weighted by atomic mass is 16.5. The van der Waals surface area contributed by atoms with Crippen LogP contribution in [0.3, 0.4) is 0 Å². The second kappa shape index (κ2) is 9.42. The lowest BCUT2D eigenvalue weighted by Crippen LogP contribution is -2.54. The molecule has 7 nitrogen and oxygen atoms in total. The molecule has 1 unspecified atom stereocenters. The number of fused-ring (bicyclic) bond motifs is 3. The van der Waals surface area contributed by atoms with Gasteiger partial charge in [0.1, 0.15) is 12.6 Å². The van der Waals surface area contributed by atoms with Crippen molar-refractivity contribution in [2.45, 2.75) is 51.6 Å². The highest BCUT2D eigenvalue weighted by molar-refractivity contribution is 5.86. The fourth-order valence-corrected chi connectivity index (χ4v) is 4.10. The normalized spacial score (nSPS) is 13.6. The quantitative estimate of drug-likeness (QED) is 0.681. The predicted octanol–water partition coefficient (Wildman–Crippen LogP) is 4.02. The van der Waals surface area contributed by atoms with Crippen LogP contribution in [0.1, 0.15) is 51.2 Å². The van der Waals surface area contributed by atoms with Crippen molar-refractivity contribution in [2.24, 2.45) is 0 Å². The Bertz CT molecular complexity index is 966. The molecule has 0 radical (unpaired) electrons. The zero-order valence-corrected chi connectivity index (χ0v) is 18.9. The topological polar surface area (TPSA) is 95.9 Å². The Morgan fingerprint density at radius 3 is 2.06 bits per heavy atom. The van der Waals surface area contributed by atoms with Crippen molar-refractivity contribution in [3.63, 3.8) is 0 Å². The van der Waals surface area contributed by atoms with E-state index in [0.717, 1.165) is 22.3 Å². The van der Waals surface area contributed by atoms with E-state index in [4.69, 9.17) is 9.84 Å². The molecule has 32 heavy (non-hydrogen) atoms. The van der Waals surface area contributed by atoms with Gasteiger partial charge in [0.05, 0.1) is 6.42 Å². The summed E-state index contributed by atoms with van der Waals surface area (Å²) in [6.45, 7) is 7.27. The van der Waals surface area contributed by atoms with Crippen LogP contribution in [0.5, 0.6) is 0 Å². The zero-order chi connectivity index (χ0) is 23.5. The molecule has 0 spiro atoms. The van der Waals surface area contributed by atoms with Crippen molar-refractivity contribution < 1.29 is 24.2 Å². The molecule has 170 valence electrons. The van der Waals surface area contributed by atoms with Gasteiger partial charge in [-0.1, -0.05) is 48.5 Å². The molecule has 2 aromatic rings. The number of hydrogen-bond acceptors (Lipinski definition) is 4. The number of nitrogens with zero attached hydrogens (tertiary/aromatic N) is 1. The van der Waals surface area contributed by atoms with Gasteiger partial charge in [0.2, 0.25) is 5.91 Å². The van der Waals surface area contributed by atoms with E-state index in [1.807, 2.05) is 57.2 Å². The van der Waals surface area contributed by atoms with Crippen LogP contribution >= 0.6 is 0 Å². The number of hydrogen-bond donors (Lipinski definition) is 2. The third-order valence-corrected chi connectivity index (χ3v) is 5.67. The molecular weight excluding hydrogens is 408 g/mol. The average molecular weight is 439 g/mol. The molecule has 0 bridgehead atoms. The fraction of sp³-hybridized carbons (Fsp3) is 0.400. The van der Waals surface area contributed by atoms with Crippen LogP contribution in [0, 0.1) is 0 Å². The summed E-state index contributed by atoms with van der Waals surface area (Å²) in [4.78, 5) is 37.8. The van der Waals surface area contributed by atoms with Crippen LogP contribution in [-0.2, 0) is 14.3 Å². The number of carbonyl (C=O) groups is 3. The number of carboxylic acid groups (broad SMARTS) is 1. The van der Waals surface area contributed by atoms with Gasteiger partial charge in [-0.2, -0.15) is 0 Å². The molecular formula is C25H30N2O5.